The third-order valence-corrected chi connectivity index (χ3v) is 4.53. The molecule has 0 fully saturated rings. The molecule has 0 bridgehead atoms. The highest BCUT2D eigenvalue weighted by molar-refractivity contribution is 6.07. The monoisotopic (exact) mass is 322 g/mol. The summed E-state index contributed by atoms with van der Waals surface area (Å²) in [4.78, 5) is 12.1. The fourth-order valence-electron chi connectivity index (χ4n) is 3.16. The summed E-state index contributed by atoms with van der Waals surface area (Å²) in [5, 5.41) is 2.50. The van der Waals surface area contributed by atoms with Gasteiger partial charge in [-0.3, -0.25) is 4.79 Å². The quantitative estimate of drug-likeness (QED) is 0.540. The summed E-state index contributed by atoms with van der Waals surface area (Å²) < 4.78 is 0. The van der Waals surface area contributed by atoms with Gasteiger partial charge in [0.05, 0.1) is 0 Å². The van der Waals surface area contributed by atoms with Crippen molar-refractivity contribution in [3.63, 3.8) is 0 Å². The molecule has 0 radical (unpaired) electrons. The summed E-state index contributed by atoms with van der Waals surface area (Å²) in [6.07, 6.45) is 10.1. The molecule has 1 heteroatoms. The molecule has 0 spiro atoms. The molecule has 3 aromatic carbocycles. The summed E-state index contributed by atoms with van der Waals surface area (Å²) in [5.74, 6) is 0.0862. The van der Waals surface area contributed by atoms with Crippen LogP contribution in [0, 0.1) is 0 Å². The van der Waals surface area contributed by atoms with Crippen molar-refractivity contribution in [1.29, 1.82) is 0 Å². The SMILES string of the molecule is O=C(/C=C/c1ccc(-c2cccc3ccccc23)cc1)C1=CC=CC1. The van der Waals surface area contributed by atoms with Crippen LogP contribution in [0.4, 0.5) is 0 Å². The van der Waals surface area contributed by atoms with Gasteiger partial charge >= 0.3 is 0 Å². The van der Waals surface area contributed by atoms with Crippen LogP contribution in [0.1, 0.15) is 12.0 Å². The van der Waals surface area contributed by atoms with Crippen molar-refractivity contribution in [2.45, 2.75) is 6.42 Å². The number of benzene rings is 3. The Bertz CT molecular complexity index is 1010. The second-order valence-corrected chi connectivity index (χ2v) is 6.17. The normalized spacial score (nSPS) is 13.5. The predicted octanol–water partition coefficient (Wildman–Crippen LogP) is 5.98. The molecule has 0 atom stereocenters. The van der Waals surface area contributed by atoms with Crippen molar-refractivity contribution >= 4 is 22.6 Å². The number of fused-ring (bicyclic) bond motifs is 1. The Kier molecular flexibility index (Phi) is 4.14. The lowest BCUT2D eigenvalue weighted by atomic mass is 9.97. The first-order valence-electron chi connectivity index (χ1n) is 8.47. The fourth-order valence-corrected chi connectivity index (χ4v) is 3.16. The lowest BCUT2D eigenvalue weighted by Gasteiger charge is -2.07. The van der Waals surface area contributed by atoms with Crippen LogP contribution in [0.5, 0.6) is 0 Å². The average molecular weight is 322 g/mol. The van der Waals surface area contributed by atoms with Crippen molar-refractivity contribution < 1.29 is 4.79 Å². The van der Waals surface area contributed by atoms with Gasteiger partial charge in [0.1, 0.15) is 0 Å². The van der Waals surface area contributed by atoms with E-state index in [1.165, 1.54) is 21.9 Å². The van der Waals surface area contributed by atoms with Gasteiger partial charge < -0.3 is 0 Å². The third kappa shape index (κ3) is 3.22. The minimum atomic E-state index is 0.0862. The van der Waals surface area contributed by atoms with E-state index in [-0.39, 0.29) is 5.78 Å². The van der Waals surface area contributed by atoms with E-state index in [9.17, 15) is 4.79 Å². The summed E-state index contributed by atoms with van der Waals surface area (Å²) >= 11 is 0. The molecular formula is C24H18O. The van der Waals surface area contributed by atoms with Crippen molar-refractivity contribution in [2.75, 3.05) is 0 Å². The Labute approximate surface area is 147 Å². The zero-order valence-electron chi connectivity index (χ0n) is 13.9. The third-order valence-electron chi connectivity index (χ3n) is 4.53. The molecule has 0 N–H and O–H groups in total. The minimum absolute atomic E-state index is 0.0862. The minimum Gasteiger partial charge on any atom is -0.290 e. The molecule has 1 aliphatic carbocycles. The highest BCUT2D eigenvalue weighted by atomic mass is 16.1. The van der Waals surface area contributed by atoms with Gasteiger partial charge in [0.15, 0.2) is 5.78 Å². The topological polar surface area (TPSA) is 17.1 Å². The molecule has 0 amide bonds. The number of carbonyl (C=O) groups is 1. The van der Waals surface area contributed by atoms with E-state index in [1.54, 1.807) is 6.08 Å². The van der Waals surface area contributed by atoms with Crippen LogP contribution in [0.3, 0.4) is 0 Å². The summed E-state index contributed by atoms with van der Waals surface area (Å²) in [5.41, 5.74) is 4.29. The molecule has 0 saturated carbocycles. The maximum Gasteiger partial charge on any atom is 0.182 e. The van der Waals surface area contributed by atoms with Gasteiger partial charge in [0.25, 0.3) is 0 Å². The van der Waals surface area contributed by atoms with Crippen LogP contribution in [0.2, 0.25) is 0 Å². The number of hydrogen-bond donors (Lipinski definition) is 0. The van der Waals surface area contributed by atoms with Crippen LogP contribution < -0.4 is 0 Å². The van der Waals surface area contributed by atoms with Crippen molar-refractivity contribution in [1.82, 2.24) is 0 Å². The van der Waals surface area contributed by atoms with Crippen molar-refractivity contribution in [3.8, 4) is 11.1 Å². The maximum atomic E-state index is 12.1. The Morgan fingerprint density at radius 2 is 1.68 bits per heavy atom. The van der Waals surface area contributed by atoms with E-state index in [1.807, 2.05) is 24.3 Å². The van der Waals surface area contributed by atoms with E-state index in [0.29, 0.717) is 0 Å². The van der Waals surface area contributed by atoms with Gasteiger partial charge in [-0.15, -0.1) is 0 Å². The molecule has 120 valence electrons. The predicted molar refractivity (Wildman–Crippen MR) is 105 cm³/mol. The highest BCUT2D eigenvalue weighted by Gasteiger charge is 2.06. The molecule has 25 heavy (non-hydrogen) atoms. The molecule has 0 unspecified atom stereocenters. The first-order chi connectivity index (χ1) is 12.3. The average Bonchev–Trinajstić information content (AvgIpc) is 3.21. The zero-order chi connectivity index (χ0) is 17.1. The van der Waals surface area contributed by atoms with Crippen molar-refractivity contribution in [2.24, 2.45) is 0 Å². The van der Waals surface area contributed by atoms with Gasteiger partial charge in [-0.05, 0) is 40.0 Å². The molecule has 0 saturated heterocycles. The number of ketones is 1. The van der Waals surface area contributed by atoms with Gasteiger partial charge in [0, 0.05) is 5.57 Å². The van der Waals surface area contributed by atoms with Crippen LogP contribution in [-0.4, -0.2) is 5.78 Å². The first-order valence-corrected chi connectivity index (χ1v) is 8.47. The molecule has 0 heterocycles. The van der Waals surface area contributed by atoms with Crippen LogP contribution >= 0.6 is 0 Å². The van der Waals surface area contributed by atoms with Crippen molar-refractivity contribution in [3.05, 3.63) is 102 Å². The smallest absolute Gasteiger partial charge is 0.182 e. The second-order valence-electron chi connectivity index (χ2n) is 6.17. The highest BCUT2D eigenvalue weighted by Crippen LogP contribution is 2.28. The molecule has 1 nitrogen and oxygen atoms in total. The Morgan fingerprint density at radius 3 is 2.48 bits per heavy atom. The van der Waals surface area contributed by atoms with E-state index < -0.39 is 0 Å². The fraction of sp³-hybridized carbons (Fsp3) is 0.0417. The Hall–Kier alpha value is -3.19. The standard InChI is InChI=1S/C24H18O/c25-24(21-7-1-2-8-21)17-14-18-12-15-20(16-13-18)23-11-5-9-19-6-3-4-10-22(19)23/h1-7,9-17H,8H2/b17-14+. The number of allylic oxidation sites excluding steroid dienone is 5. The van der Waals surface area contributed by atoms with Gasteiger partial charge in [-0.25, -0.2) is 0 Å². The molecular weight excluding hydrogens is 304 g/mol. The lowest BCUT2D eigenvalue weighted by Crippen LogP contribution is -1.94. The molecule has 3 aromatic rings. The maximum absolute atomic E-state index is 12.1. The van der Waals surface area contributed by atoms with Gasteiger partial charge in [0.2, 0.25) is 0 Å². The zero-order valence-corrected chi connectivity index (χ0v) is 13.9. The van der Waals surface area contributed by atoms with E-state index in [0.717, 1.165) is 17.6 Å². The largest absolute Gasteiger partial charge is 0.290 e. The van der Waals surface area contributed by atoms with Crippen LogP contribution in [0.15, 0.2) is 96.6 Å². The first kappa shape index (κ1) is 15.3. The van der Waals surface area contributed by atoms with Gasteiger partial charge in [-0.2, -0.15) is 0 Å². The number of rotatable bonds is 4. The summed E-state index contributed by atoms with van der Waals surface area (Å²) in [6, 6.07) is 23.1. The van der Waals surface area contributed by atoms with E-state index in [4.69, 9.17) is 0 Å². The number of carbonyl (C=O) groups excluding carboxylic acids is 1. The summed E-state index contributed by atoms with van der Waals surface area (Å²) in [6.45, 7) is 0. The van der Waals surface area contributed by atoms with Crippen LogP contribution in [0.25, 0.3) is 28.0 Å². The van der Waals surface area contributed by atoms with Crippen LogP contribution in [-0.2, 0) is 4.79 Å². The number of hydrogen-bond acceptors (Lipinski definition) is 1. The molecule has 0 aliphatic heterocycles. The van der Waals surface area contributed by atoms with Gasteiger partial charge in [-0.1, -0.05) is 91.0 Å². The molecule has 0 aromatic heterocycles. The Morgan fingerprint density at radius 1 is 0.880 bits per heavy atom. The van der Waals surface area contributed by atoms with E-state index >= 15 is 0 Å². The molecule has 1 aliphatic rings. The van der Waals surface area contributed by atoms with E-state index in [2.05, 4.69) is 66.7 Å². The lowest BCUT2D eigenvalue weighted by molar-refractivity contribution is -0.111. The Balaban J connectivity index is 1.58. The summed E-state index contributed by atoms with van der Waals surface area (Å²) in [7, 11) is 0. The molecule has 4 rings (SSSR count). The second kappa shape index (κ2) is 6.74.